The van der Waals surface area contributed by atoms with Crippen molar-refractivity contribution >= 4 is 17.7 Å². The lowest BCUT2D eigenvalue weighted by Crippen LogP contribution is -2.48. The number of hydrogen-bond acceptors (Lipinski definition) is 7. The first-order valence-electron chi connectivity index (χ1n) is 11.7. The third-order valence-corrected chi connectivity index (χ3v) is 7.01. The smallest absolute Gasteiger partial charge is 0.275 e. The largest absolute Gasteiger partial charge is 0.447 e. The third-order valence-electron chi connectivity index (χ3n) is 6.09. The second-order valence-electron chi connectivity index (χ2n) is 8.67. The van der Waals surface area contributed by atoms with Crippen molar-refractivity contribution in [3.8, 4) is 5.69 Å². The molecule has 0 spiro atoms. The molecule has 1 fully saturated rings. The Kier molecular flexibility index (Phi) is 6.96. The van der Waals surface area contributed by atoms with Gasteiger partial charge in [0.05, 0.1) is 5.75 Å². The van der Waals surface area contributed by atoms with E-state index in [1.54, 1.807) is 0 Å². The Morgan fingerprint density at radius 3 is 2.46 bits per heavy atom. The number of hydrogen-bond donors (Lipinski definition) is 0. The molecule has 3 heterocycles. The van der Waals surface area contributed by atoms with E-state index in [4.69, 9.17) is 4.42 Å². The van der Waals surface area contributed by atoms with Crippen LogP contribution >= 0.6 is 11.8 Å². The van der Waals surface area contributed by atoms with Crippen molar-refractivity contribution in [2.75, 3.05) is 26.2 Å². The van der Waals surface area contributed by atoms with Crippen LogP contribution in [0.25, 0.3) is 5.69 Å². The number of piperazine rings is 1. The van der Waals surface area contributed by atoms with E-state index in [1.807, 2.05) is 22.5 Å². The quantitative estimate of drug-likeness (QED) is 0.362. The zero-order valence-corrected chi connectivity index (χ0v) is 20.7. The number of rotatable bonds is 7. The van der Waals surface area contributed by atoms with E-state index in [-0.39, 0.29) is 5.91 Å². The number of oxazole rings is 1. The second-order valence-corrected chi connectivity index (χ2v) is 9.61. The van der Waals surface area contributed by atoms with Crippen LogP contribution in [0.15, 0.2) is 70.4 Å². The Hall–Kier alpha value is -3.43. The standard InChI is InChI=1S/C26H28N6O2S/c1-19-8-10-22(11-9-19)32-20(2)28-29-26(32)35-18-24-27-23(17-34-24)25(33)31-14-12-30(13-15-31)16-21-6-4-3-5-7-21/h3-11,17H,12-16,18H2,1-2H3. The Balaban J connectivity index is 1.17. The van der Waals surface area contributed by atoms with Crippen LogP contribution < -0.4 is 0 Å². The van der Waals surface area contributed by atoms with Crippen LogP contribution in [-0.4, -0.2) is 61.6 Å². The molecule has 8 nitrogen and oxygen atoms in total. The minimum atomic E-state index is -0.0805. The molecule has 0 atom stereocenters. The lowest BCUT2D eigenvalue weighted by Gasteiger charge is -2.34. The van der Waals surface area contributed by atoms with Gasteiger partial charge in [0.15, 0.2) is 10.9 Å². The van der Waals surface area contributed by atoms with Crippen LogP contribution in [-0.2, 0) is 12.3 Å². The van der Waals surface area contributed by atoms with Gasteiger partial charge in [0, 0.05) is 38.4 Å². The lowest BCUT2D eigenvalue weighted by molar-refractivity contribution is 0.0622. The highest BCUT2D eigenvalue weighted by Gasteiger charge is 2.24. The van der Waals surface area contributed by atoms with Crippen molar-refractivity contribution in [2.24, 2.45) is 0 Å². The molecule has 2 aromatic heterocycles. The first-order chi connectivity index (χ1) is 17.1. The molecule has 0 aliphatic carbocycles. The number of carbonyl (C=O) groups excluding carboxylic acids is 1. The third kappa shape index (κ3) is 5.47. The first-order valence-corrected chi connectivity index (χ1v) is 12.7. The number of amides is 1. The summed E-state index contributed by atoms with van der Waals surface area (Å²) in [4.78, 5) is 21.7. The molecule has 1 amide bonds. The molecule has 5 rings (SSSR count). The Morgan fingerprint density at radius 2 is 1.71 bits per heavy atom. The number of thioether (sulfide) groups is 1. The summed E-state index contributed by atoms with van der Waals surface area (Å²) >= 11 is 1.48. The van der Waals surface area contributed by atoms with Crippen molar-refractivity contribution in [3.05, 3.63) is 89.4 Å². The van der Waals surface area contributed by atoms with Crippen molar-refractivity contribution < 1.29 is 9.21 Å². The van der Waals surface area contributed by atoms with E-state index in [9.17, 15) is 4.79 Å². The van der Waals surface area contributed by atoms with Gasteiger partial charge in [0.25, 0.3) is 5.91 Å². The zero-order chi connectivity index (χ0) is 24.2. The van der Waals surface area contributed by atoms with Gasteiger partial charge in [-0.15, -0.1) is 10.2 Å². The van der Waals surface area contributed by atoms with Crippen molar-refractivity contribution in [1.82, 2.24) is 29.5 Å². The molecule has 0 saturated carbocycles. The van der Waals surface area contributed by atoms with Crippen LogP contribution in [0.1, 0.15) is 33.3 Å². The average Bonchev–Trinajstić information content (AvgIpc) is 3.50. The highest BCUT2D eigenvalue weighted by Crippen LogP contribution is 2.25. The second kappa shape index (κ2) is 10.5. The molecule has 0 N–H and O–H groups in total. The average molecular weight is 489 g/mol. The molecule has 35 heavy (non-hydrogen) atoms. The van der Waals surface area contributed by atoms with Crippen LogP contribution in [0, 0.1) is 13.8 Å². The molecule has 4 aromatic rings. The van der Waals surface area contributed by atoms with Gasteiger partial charge in [0.1, 0.15) is 12.1 Å². The summed E-state index contributed by atoms with van der Waals surface area (Å²) in [6.07, 6.45) is 1.46. The van der Waals surface area contributed by atoms with Gasteiger partial charge >= 0.3 is 0 Å². The number of aromatic nitrogens is 4. The molecular formula is C26H28N6O2S. The van der Waals surface area contributed by atoms with Crippen LogP contribution in [0.5, 0.6) is 0 Å². The Morgan fingerprint density at radius 1 is 0.971 bits per heavy atom. The van der Waals surface area contributed by atoms with Crippen LogP contribution in [0.4, 0.5) is 0 Å². The fraction of sp³-hybridized carbons (Fsp3) is 0.308. The summed E-state index contributed by atoms with van der Waals surface area (Å²) in [6.45, 7) is 7.94. The summed E-state index contributed by atoms with van der Waals surface area (Å²) in [5.41, 5.74) is 3.85. The summed E-state index contributed by atoms with van der Waals surface area (Å²) in [6, 6.07) is 18.7. The molecule has 180 valence electrons. The monoisotopic (exact) mass is 488 g/mol. The predicted octanol–water partition coefficient (Wildman–Crippen LogP) is 4.12. The number of aryl methyl sites for hydroxylation is 2. The number of nitrogens with zero attached hydrogens (tertiary/aromatic N) is 6. The Bertz CT molecular complexity index is 1280. The maximum atomic E-state index is 13.0. The van der Waals surface area contributed by atoms with E-state index in [2.05, 4.69) is 75.5 Å². The van der Waals surface area contributed by atoms with Gasteiger partial charge in [-0.25, -0.2) is 4.98 Å². The highest BCUT2D eigenvalue weighted by atomic mass is 32.2. The van der Waals surface area contributed by atoms with E-state index in [1.165, 1.54) is 29.2 Å². The van der Waals surface area contributed by atoms with Gasteiger partial charge in [-0.3, -0.25) is 14.3 Å². The molecule has 1 aliphatic heterocycles. The fourth-order valence-corrected chi connectivity index (χ4v) is 4.99. The number of benzene rings is 2. The summed E-state index contributed by atoms with van der Waals surface area (Å²) in [5, 5.41) is 9.30. The van der Waals surface area contributed by atoms with E-state index in [0.717, 1.165) is 36.3 Å². The van der Waals surface area contributed by atoms with Gasteiger partial charge in [-0.2, -0.15) is 0 Å². The van der Waals surface area contributed by atoms with Gasteiger partial charge in [-0.05, 0) is 31.5 Å². The topological polar surface area (TPSA) is 80.3 Å². The summed E-state index contributed by atoms with van der Waals surface area (Å²) < 4.78 is 7.63. The molecule has 2 aromatic carbocycles. The molecule has 0 radical (unpaired) electrons. The fourth-order valence-electron chi connectivity index (χ4n) is 4.14. The highest BCUT2D eigenvalue weighted by molar-refractivity contribution is 7.98. The lowest BCUT2D eigenvalue weighted by atomic mass is 10.2. The molecule has 1 saturated heterocycles. The first kappa shape index (κ1) is 23.3. The van der Waals surface area contributed by atoms with Crippen molar-refractivity contribution in [2.45, 2.75) is 31.3 Å². The van der Waals surface area contributed by atoms with Gasteiger partial charge < -0.3 is 9.32 Å². The molecule has 9 heteroatoms. The minimum absolute atomic E-state index is 0.0805. The number of carbonyl (C=O) groups is 1. The van der Waals surface area contributed by atoms with Crippen molar-refractivity contribution in [1.29, 1.82) is 0 Å². The normalized spacial score (nSPS) is 14.4. The van der Waals surface area contributed by atoms with E-state index < -0.39 is 0 Å². The van der Waals surface area contributed by atoms with Crippen LogP contribution in [0.3, 0.4) is 0 Å². The maximum Gasteiger partial charge on any atom is 0.275 e. The molecule has 1 aliphatic rings. The van der Waals surface area contributed by atoms with E-state index >= 15 is 0 Å². The predicted molar refractivity (Wildman–Crippen MR) is 135 cm³/mol. The SMILES string of the molecule is Cc1ccc(-n2c(C)nnc2SCc2nc(C(=O)N3CCN(Cc4ccccc4)CC3)co2)cc1. The molecule has 0 unspecified atom stereocenters. The van der Waals surface area contributed by atoms with E-state index in [0.29, 0.717) is 30.4 Å². The summed E-state index contributed by atoms with van der Waals surface area (Å²) in [5.74, 6) is 1.69. The summed E-state index contributed by atoms with van der Waals surface area (Å²) in [7, 11) is 0. The van der Waals surface area contributed by atoms with Gasteiger partial charge in [0.2, 0.25) is 5.89 Å². The van der Waals surface area contributed by atoms with Gasteiger partial charge in [-0.1, -0.05) is 59.8 Å². The minimum Gasteiger partial charge on any atom is -0.447 e. The molecular weight excluding hydrogens is 460 g/mol. The van der Waals surface area contributed by atoms with Crippen LogP contribution in [0.2, 0.25) is 0 Å². The molecule has 0 bridgehead atoms. The zero-order valence-electron chi connectivity index (χ0n) is 19.9. The van der Waals surface area contributed by atoms with Crippen molar-refractivity contribution in [3.63, 3.8) is 0 Å². The maximum absolute atomic E-state index is 13.0. The Labute approximate surface area is 209 Å².